The molecule has 1 amide bonds. The van der Waals surface area contributed by atoms with E-state index in [2.05, 4.69) is 20.3 Å². The van der Waals surface area contributed by atoms with E-state index in [9.17, 15) is 4.79 Å². The molecular weight excluding hydrogens is 310 g/mol. The van der Waals surface area contributed by atoms with E-state index in [4.69, 9.17) is 5.73 Å². The van der Waals surface area contributed by atoms with Gasteiger partial charge in [-0.05, 0) is 24.3 Å². The van der Waals surface area contributed by atoms with Crippen LogP contribution in [0.3, 0.4) is 0 Å². The monoisotopic (exact) mass is 321 g/mol. The number of hydrogen-bond acceptors (Lipinski definition) is 6. The van der Waals surface area contributed by atoms with Crippen LogP contribution in [0.2, 0.25) is 0 Å². The highest BCUT2D eigenvalue weighted by molar-refractivity contribution is 7.21. The molecular formula is C16H11N5OS. The molecule has 112 valence electrons. The summed E-state index contributed by atoms with van der Waals surface area (Å²) in [6, 6.07) is 13.4. The normalized spacial score (nSPS) is 11.0. The Labute approximate surface area is 135 Å². The Bertz CT molecular complexity index is 1030. The molecule has 0 saturated carbocycles. The Kier molecular flexibility index (Phi) is 3.13. The topological polar surface area (TPSA) is 93.8 Å². The maximum absolute atomic E-state index is 11.4. The maximum Gasteiger partial charge on any atom is 0.277 e. The minimum atomic E-state index is -0.534. The molecule has 23 heavy (non-hydrogen) atoms. The van der Waals surface area contributed by atoms with Crippen molar-refractivity contribution < 1.29 is 4.79 Å². The first-order valence-corrected chi connectivity index (χ1v) is 7.70. The minimum Gasteiger partial charge on any atom is -0.364 e. The number of amides is 1. The zero-order valence-electron chi connectivity index (χ0n) is 11.9. The molecule has 2 aromatic carbocycles. The standard InChI is InChI=1S/C16H11N5OS/c17-14(22)16-21-11-7-6-10-12(13(11)23-16)15(19-8-18-10)20-9-4-2-1-3-5-9/h1-8H,(H2,17,22)(H,18,19,20). The Balaban J connectivity index is 1.96. The van der Waals surface area contributed by atoms with Gasteiger partial charge in [0.1, 0.15) is 12.1 Å². The summed E-state index contributed by atoms with van der Waals surface area (Å²) in [5, 5.41) is 4.40. The highest BCUT2D eigenvalue weighted by Gasteiger charge is 2.15. The average Bonchev–Trinajstić information content (AvgIpc) is 3.00. The predicted molar refractivity (Wildman–Crippen MR) is 91.0 cm³/mol. The fourth-order valence-corrected chi connectivity index (χ4v) is 3.35. The molecule has 2 heterocycles. The second kappa shape index (κ2) is 5.29. The van der Waals surface area contributed by atoms with E-state index >= 15 is 0 Å². The number of anilines is 2. The number of fused-ring (bicyclic) bond motifs is 3. The van der Waals surface area contributed by atoms with Gasteiger partial charge in [0.05, 0.1) is 21.1 Å². The van der Waals surface area contributed by atoms with Crippen LogP contribution in [0.1, 0.15) is 9.80 Å². The highest BCUT2D eigenvalue weighted by Crippen LogP contribution is 2.34. The van der Waals surface area contributed by atoms with Gasteiger partial charge in [-0.3, -0.25) is 4.79 Å². The van der Waals surface area contributed by atoms with Crippen LogP contribution in [0.15, 0.2) is 48.8 Å². The molecule has 3 N–H and O–H groups in total. The van der Waals surface area contributed by atoms with Crippen LogP contribution in [-0.2, 0) is 0 Å². The summed E-state index contributed by atoms with van der Waals surface area (Å²) in [4.78, 5) is 24.3. The fraction of sp³-hybridized carbons (Fsp3) is 0. The molecule has 0 fully saturated rings. The molecule has 0 aliphatic carbocycles. The molecule has 4 aromatic rings. The van der Waals surface area contributed by atoms with Crippen LogP contribution >= 0.6 is 11.3 Å². The number of carbonyl (C=O) groups excluding carboxylic acids is 1. The second-order valence-electron chi connectivity index (χ2n) is 4.90. The molecule has 0 spiro atoms. The number of primary amides is 1. The van der Waals surface area contributed by atoms with E-state index < -0.39 is 5.91 Å². The molecule has 6 nitrogen and oxygen atoms in total. The van der Waals surface area contributed by atoms with E-state index in [1.165, 1.54) is 17.7 Å². The molecule has 0 saturated heterocycles. The summed E-state index contributed by atoms with van der Waals surface area (Å²) in [7, 11) is 0. The molecule has 7 heteroatoms. The number of carbonyl (C=O) groups is 1. The summed E-state index contributed by atoms with van der Waals surface area (Å²) in [6.07, 6.45) is 1.51. The summed E-state index contributed by atoms with van der Waals surface area (Å²) >= 11 is 1.25. The van der Waals surface area contributed by atoms with Gasteiger partial charge in [-0.25, -0.2) is 15.0 Å². The molecule has 4 rings (SSSR count). The molecule has 0 radical (unpaired) electrons. The van der Waals surface area contributed by atoms with E-state index in [1.54, 1.807) is 0 Å². The number of benzene rings is 2. The SMILES string of the molecule is NC(=O)c1nc2ccc3ncnc(Nc4ccccc4)c3c2s1. The van der Waals surface area contributed by atoms with Crippen molar-refractivity contribution in [1.29, 1.82) is 0 Å². The van der Waals surface area contributed by atoms with Gasteiger partial charge in [-0.1, -0.05) is 18.2 Å². The number of para-hydroxylation sites is 1. The summed E-state index contributed by atoms with van der Waals surface area (Å²) in [5.74, 6) is 0.139. The lowest BCUT2D eigenvalue weighted by Gasteiger charge is -2.08. The van der Waals surface area contributed by atoms with Gasteiger partial charge < -0.3 is 11.1 Å². The van der Waals surface area contributed by atoms with Gasteiger partial charge in [-0.15, -0.1) is 11.3 Å². The van der Waals surface area contributed by atoms with E-state index in [-0.39, 0.29) is 5.01 Å². The number of hydrogen-bond donors (Lipinski definition) is 2. The van der Waals surface area contributed by atoms with Crippen molar-refractivity contribution in [2.45, 2.75) is 0 Å². The Morgan fingerprint density at radius 3 is 2.61 bits per heavy atom. The smallest absolute Gasteiger partial charge is 0.277 e. The number of nitrogens with zero attached hydrogens (tertiary/aromatic N) is 3. The van der Waals surface area contributed by atoms with Crippen molar-refractivity contribution >= 4 is 49.9 Å². The molecule has 0 aliphatic heterocycles. The Hall–Kier alpha value is -3.06. The number of aromatic nitrogens is 3. The first-order chi connectivity index (χ1) is 11.2. The maximum atomic E-state index is 11.4. The predicted octanol–water partition coefficient (Wildman–Crippen LogP) is 3.08. The lowest BCUT2D eigenvalue weighted by Crippen LogP contribution is -2.09. The number of thiazole rings is 1. The molecule has 2 aromatic heterocycles. The van der Waals surface area contributed by atoms with Crippen molar-refractivity contribution in [2.75, 3.05) is 5.32 Å². The van der Waals surface area contributed by atoms with Gasteiger partial charge in [-0.2, -0.15) is 0 Å². The first kappa shape index (κ1) is 13.6. The number of nitrogens with two attached hydrogens (primary N) is 1. The van der Waals surface area contributed by atoms with E-state index in [1.807, 2.05) is 42.5 Å². The van der Waals surface area contributed by atoms with Crippen molar-refractivity contribution in [3.05, 3.63) is 53.8 Å². The fourth-order valence-electron chi connectivity index (χ4n) is 2.39. The van der Waals surface area contributed by atoms with Gasteiger partial charge in [0.15, 0.2) is 5.01 Å². The Morgan fingerprint density at radius 2 is 1.83 bits per heavy atom. The van der Waals surface area contributed by atoms with E-state index in [0.29, 0.717) is 11.3 Å². The van der Waals surface area contributed by atoms with Crippen molar-refractivity contribution in [1.82, 2.24) is 15.0 Å². The lowest BCUT2D eigenvalue weighted by molar-refractivity contribution is 0.1000. The molecule has 0 bridgehead atoms. The third kappa shape index (κ3) is 2.36. The van der Waals surface area contributed by atoms with Crippen LogP contribution in [0, 0.1) is 0 Å². The number of rotatable bonds is 3. The van der Waals surface area contributed by atoms with Gasteiger partial charge >= 0.3 is 0 Å². The van der Waals surface area contributed by atoms with Crippen LogP contribution in [0.5, 0.6) is 0 Å². The minimum absolute atomic E-state index is 0.280. The molecule has 0 atom stereocenters. The van der Waals surface area contributed by atoms with Gasteiger partial charge in [0, 0.05) is 5.69 Å². The highest BCUT2D eigenvalue weighted by atomic mass is 32.1. The first-order valence-electron chi connectivity index (χ1n) is 6.88. The quantitative estimate of drug-likeness (QED) is 0.605. The van der Waals surface area contributed by atoms with Crippen molar-refractivity contribution in [3.63, 3.8) is 0 Å². The summed E-state index contributed by atoms with van der Waals surface area (Å²) < 4.78 is 0.843. The lowest BCUT2D eigenvalue weighted by atomic mass is 10.2. The van der Waals surface area contributed by atoms with E-state index in [0.717, 1.165) is 21.3 Å². The van der Waals surface area contributed by atoms with Gasteiger partial charge in [0.2, 0.25) is 0 Å². The molecule has 0 unspecified atom stereocenters. The van der Waals surface area contributed by atoms with Crippen LogP contribution in [0.4, 0.5) is 11.5 Å². The number of nitrogens with one attached hydrogen (secondary N) is 1. The largest absolute Gasteiger partial charge is 0.364 e. The summed E-state index contributed by atoms with van der Waals surface area (Å²) in [5.41, 5.74) is 7.76. The second-order valence-corrected chi connectivity index (χ2v) is 5.90. The van der Waals surface area contributed by atoms with Crippen molar-refractivity contribution in [2.24, 2.45) is 5.73 Å². The third-order valence-electron chi connectivity index (χ3n) is 3.40. The third-order valence-corrected chi connectivity index (χ3v) is 4.51. The molecule has 0 aliphatic rings. The average molecular weight is 321 g/mol. The zero-order valence-corrected chi connectivity index (χ0v) is 12.7. The van der Waals surface area contributed by atoms with Gasteiger partial charge in [0.25, 0.3) is 5.91 Å². The van der Waals surface area contributed by atoms with Crippen LogP contribution < -0.4 is 11.1 Å². The summed E-state index contributed by atoms with van der Waals surface area (Å²) in [6.45, 7) is 0. The zero-order chi connectivity index (χ0) is 15.8. The van der Waals surface area contributed by atoms with Crippen LogP contribution in [-0.4, -0.2) is 20.9 Å². The van der Waals surface area contributed by atoms with Crippen LogP contribution in [0.25, 0.3) is 21.1 Å². The Morgan fingerprint density at radius 1 is 1.04 bits per heavy atom. The van der Waals surface area contributed by atoms with Crippen molar-refractivity contribution in [3.8, 4) is 0 Å².